The summed E-state index contributed by atoms with van der Waals surface area (Å²) < 4.78 is 6.91. The van der Waals surface area contributed by atoms with Crippen LogP contribution in [0.25, 0.3) is 21.1 Å². The molecule has 0 radical (unpaired) electrons. The van der Waals surface area contributed by atoms with Crippen molar-refractivity contribution in [1.82, 2.24) is 19.5 Å². The predicted octanol–water partition coefficient (Wildman–Crippen LogP) is 4.66. The number of aromatic nitrogens is 4. The number of aryl methyl sites for hydroxylation is 2. The van der Waals surface area contributed by atoms with E-state index in [0.717, 1.165) is 26.6 Å². The van der Waals surface area contributed by atoms with Gasteiger partial charge in [-0.3, -0.25) is 14.2 Å². The number of hydrogen-bond donors (Lipinski definition) is 1. The molecule has 0 aliphatic heterocycles. The van der Waals surface area contributed by atoms with E-state index >= 15 is 0 Å². The highest BCUT2D eigenvalue weighted by atomic mass is 32.2. The van der Waals surface area contributed by atoms with E-state index in [-0.39, 0.29) is 11.1 Å². The van der Waals surface area contributed by atoms with E-state index in [2.05, 4.69) is 9.97 Å². The van der Waals surface area contributed by atoms with E-state index in [4.69, 9.17) is 9.72 Å². The number of aromatic amines is 1. The number of thiophene rings is 1. The summed E-state index contributed by atoms with van der Waals surface area (Å²) in [6, 6.07) is 14.9. The number of rotatable bonds is 6. The van der Waals surface area contributed by atoms with Crippen molar-refractivity contribution >= 4 is 44.2 Å². The van der Waals surface area contributed by atoms with E-state index < -0.39 is 0 Å². The van der Waals surface area contributed by atoms with Crippen LogP contribution in [0.2, 0.25) is 0 Å². The lowest BCUT2D eigenvalue weighted by Gasteiger charge is -2.13. The second-order valence-corrected chi connectivity index (χ2v) is 10.1. The first-order chi connectivity index (χ1) is 16.4. The molecule has 3 aromatic heterocycles. The summed E-state index contributed by atoms with van der Waals surface area (Å²) in [6.07, 6.45) is 0. The van der Waals surface area contributed by atoms with Crippen molar-refractivity contribution in [2.75, 3.05) is 7.11 Å². The van der Waals surface area contributed by atoms with Crippen molar-refractivity contribution in [3.05, 3.63) is 91.1 Å². The Morgan fingerprint density at radius 3 is 2.59 bits per heavy atom. The molecule has 0 aliphatic carbocycles. The van der Waals surface area contributed by atoms with Gasteiger partial charge < -0.3 is 9.72 Å². The van der Waals surface area contributed by atoms with Crippen LogP contribution in [0.4, 0.5) is 0 Å². The zero-order chi connectivity index (χ0) is 23.8. The highest BCUT2D eigenvalue weighted by Gasteiger charge is 2.15. The summed E-state index contributed by atoms with van der Waals surface area (Å²) in [5.41, 5.74) is 2.33. The minimum absolute atomic E-state index is 0.106. The number of nitrogens with zero attached hydrogens (tertiary/aromatic N) is 3. The van der Waals surface area contributed by atoms with Gasteiger partial charge in [0.25, 0.3) is 11.1 Å². The number of benzene rings is 2. The molecule has 0 atom stereocenters. The Kier molecular flexibility index (Phi) is 5.97. The monoisotopic (exact) mass is 490 g/mol. The van der Waals surface area contributed by atoms with E-state index in [1.54, 1.807) is 17.7 Å². The number of hydrogen-bond acceptors (Lipinski definition) is 7. The highest BCUT2D eigenvalue weighted by Crippen LogP contribution is 2.27. The summed E-state index contributed by atoms with van der Waals surface area (Å²) in [7, 11) is 1.62. The Morgan fingerprint density at radius 2 is 1.82 bits per heavy atom. The molecule has 34 heavy (non-hydrogen) atoms. The SMILES string of the molecule is COc1ccc(Cn2c(SCc3nc4sc(C)c(C)c4c(=O)[nH]3)nc3ccccc3c2=O)cc1. The van der Waals surface area contributed by atoms with E-state index in [1.807, 2.05) is 56.3 Å². The van der Waals surface area contributed by atoms with Crippen molar-refractivity contribution < 1.29 is 4.74 Å². The lowest BCUT2D eigenvalue weighted by atomic mass is 10.2. The first-order valence-corrected chi connectivity index (χ1v) is 12.5. The molecule has 0 spiro atoms. The molecule has 0 fully saturated rings. The van der Waals surface area contributed by atoms with Gasteiger partial charge in [0.2, 0.25) is 0 Å². The normalized spacial score (nSPS) is 11.4. The van der Waals surface area contributed by atoms with Crippen molar-refractivity contribution in [2.24, 2.45) is 0 Å². The number of fused-ring (bicyclic) bond motifs is 2. The Labute approximate surface area is 203 Å². The molecule has 9 heteroatoms. The minimum atomic E-state index is -0.135. The number of nitrogens with one attached hydrogen (secondary N) is 1. The molecule has 5 aromatic rings. The second kappa shape index (κ2) is 9.08. The molecule has 7 nitrogen and oxygen atoms in total. The van der Waals surface area contributed by atoms with Gasteiger partial charge in [0.15, 0.2) is 5.16 Å². The van der Waals surface area contributed by atoms with Crippen molar-refractivity contribution in [2.45, 2.75) is 31.3 Å². The summed E-state index contributed by atoms with van der Waals surface area (Å²) in [5.74, 6) is 1.70. The van der Waals surface area contributed by atoms with Gasteiger partial charge in [-0.1, -0.05) is 36.0 Å². The van der Waals surface area contributed by atoms with Crippen LogP contribution in [-0.4, -0.2) is 26.6 Å². The Hall–Kier alpha value is -3.43. The van der Waals surface area contributed by atoms with E-state index in [0.29, 0.717) is 39.6 Å². The maximum absolute atomic E-state index is 13.4. The number of ether oxygens (including phenoxy) is 1. The summed E-state index contributed by atoms with van der Waals surface area (Å²) in [5, 5.41) is 1.79. The van der Waals surface area contributed by atoms with Gasteiger partial charge in [0, 0.05) is 4.88 Å². The standard InChI is InChI=1S/C25H22N4O3S2/c1-14-15(2)34-23-21(14)22(30)27-20(28-23)13-33-25-26-19-7-5-4-6-18(19)24(31)29(25)12-16-8-10-17(32-3)11-9-16/h4-11H,12-13H2,1-3H3,(H,27,28,30). The van der Waals surface area contributed by atoms with Gasteiger partial charge in [0.05, 0.1) is 35.7 Å². The van der Waals surface area contributed by atoms with Crippen LogP contribution in [0.15, 0.2) is 63.3 Å². The fraction of sp³-hybridized carbons (Fsp3) is 0.200. The van der Waals surface area contributed by atoms with Gasteiger partial charge >= 0.3 is 0 Å². The van der Waals surface area contributed by atoms with Crippen LogP contribution in [0.3, 0.4) is 0 Å². The number of thioether (sulfide) groups is 1. The van der Waals surface area contributed by atoms with E-state index in [9.17, 15) is 9.59 Å². The van der Waals surface area contributed by atoms with Crippen LogP contribution >= 0.6 is 23.1 Å². The molecule has 5 rings (SSSR count). The smallest absolute Gasteiger partial charge is 0.262 e. The third-order valence-corrected chi connectivity index (χ3v) is 7.84. The Balaban J connectivity index is 1.53. The lowest BCUT2D eigenvalue weighted by Crippen LogP contribution is -2.24. The van der Waals surface area contributed by atoms with Crippen LogP contribution < -0.4 is 15.9 Å². The molecule has 0 bridgehead atoms. The summed E-state index contributed by atoms with van der Waals surface area (Å²) >= 11 is 2.90. The van der Waals surface area contributed by atoms with Crippen molar-refractivity contribution in [3.63, 3.8) is 0 Å². The van der Waals surface area contributed by atoms with Gasteiger partial charge in [-0.2, -0.15) is 0 Å². The molecule has 0 saturated heterocycles. The highest BCUT2D eigenvalue weighted by molar-refractivity contribution is 7.98. The maximum Gasteiger partial charge on any atom is 0.262 e. The predicted molar refractivity (Wildman–Crippen MR) is 137 cm³/mol. The molecular formula is C25H22N4O3S2. The summed E-state index contributed by atoms with van der Waals surface area (Å²) in [4.78, 5) is 40.2. The molecule has 1 N–H and O–H groups in total. The van der Waals surface area contributed by atoms with Gasteiger partial charge in [0.1, 0.15) is 16.4 Å². The molecule has 3 heterocycles. The van der Waals surface area contributed by atoms with Crippen LogP contribution in [0, 0.1) is 13.8 Å². The first kappa shape index (κ1) is 22.4. The average Bonchev–Trinajstić information content (AvgIpc) is 3.13. The average molecular weight is 491 g/mol. The molecule has 172 valence electrons. The van der Waals surface area contributed by atoms with Crippen LogP contribution in [0.1, 0.15) is 21.8 Å². The Morgan fingerprint density at radius 1 is 1.06 bits per heavy atom. The van der Waals surface area contributed by atoms with Crippen molar-refractivity contribution in [3.8, 4) is 5.75 Å². The van der Waals surface area contributed by atoms with Crippen molar-refractivity contribution in [1.29, 1.82) is 0 Å². The quantitative estimate of drug-likeness (QED) is 0.275. The molecule has 0 saturated carbocycles. The molecule has 0 aliphatic rings. The number of methoxy groups -OCH3 is 1. The van der Waals surface area contributed by atoms with Gasteiger partial charge in [-0.25, -0.2) is 9.97 Å². The second-order valence-electron chi connectivity index (χ2n) is 7.92. The van der Waals surface area contributed by atoms with Gasteiger partial charge in [-0.15, -0.1) is 11.3 Å². The van der Waals surface area contributed by atoms with Crippen LogP contribution in [-0.2, 0) is 12.3 Å². The number of H-pyrrole nitrogens is 1. The zero-order valence-corrected chi connectivity index (χ0v) is 20.5. The van der Waals surface area contributed by atoms with Gasteiger partial charge in [-0.05, 0) is 49.2 Å². The van der Waals surface area contributed by atoms with Crippen LogP contribution in [0.5, 0.6) is 5.75 Å². The third-order valence-electron chi connectivity index (χ3n) is 5.75. The molecule has 0 unspecified atom stereocenters. The lowest BCUT2D eigenvalue weighted by molar-refractivity contribution is 0.414. The fourth-order valence-corrected chi connectivity index (χ4v) is 5.73. The minimum Gasteiger partial charge on any atom is -0.497 e. The number of para-hydroxylation sites is 1. The largest absolute Gasteiger partial charge is 0.497 e. The topological polar surface area (TPSA) is 89.9 Å². The Bertz CT molecular complexity index is 1640. The maximum atomic E-state index is 13.4. The van der Waals surface area contributed by atoms with E-state index in [1.165, 1.54) is 23.1 Å². The first-order valence-electron chi connectivity index (χ1n) is 10.7. The molecule has 2 aromatic carbocycles. The zero-order valence-electron chi connectivity index (χ0n) is 18.9. The third kappa shape index (κ3) is 4.12. The summed E-state index contributed by atoms with van der Waals surface area (Å²) in [6.45, 7) is 4.30. The fourth-order valence-electron chi connectivity index (χ4n) is 3.81. The molecular weight excluding hydrogens is 468 g/mol. The molecule has 0 amide bonds.